The molecule has 5 rings (SSSR count). The lowest BCUT2D eigenvalue weighted by Crippen LogP contribution is -1.96. The highest BCUT2D eigenvalue weighted by Crippen LogP contribution is 2.26. The Morgan fingerprint density at radius 3 is 2.06 bits per heavy atom. The number of aromatic nitrogens is 2. The van der Waals surface area contributed by atoms with E-state index in [2.05, 4.69) is 24.3 Å². The molecule has 5 aromatic rings. The van der Waals surface area contributed by atoms with E-state index in [-0.39, 0.29) is 0 Å². The normalized spacial score (nSPS) is 11.0. The summed E-state index contributed by atoms with van der Waals surface area (Å²) in [6.07, 6.45) is 1.85. The van der Waals surface area contributed by atoms with Crippen LogP contribution in [0.5, 0.6) is 5.75 Å². The fraction of sp³-hybridized carbons (Fsp3) is 0.0345. The number of rotatable bonds is 7. The van der Waals surface area contributed by atoms with Gasteiger partial charge in [0.2, 0.25) is 0 Å². The van der Waals surface area contributed by atoms with E-state index >= 15 is 0 Å². The van der Waals surface area contributed by atoms with Gasteiger partial charge in [-0.25, -0.2) is 9.67 Å². The lowest BCUT2D eigenvalue weighted by molar-refractivity contribution is 0.306. The monoisotopic (exact) mass is 429 g/mol. The maximum atomic E-state index is 5.88. The Morgan fingerprint density at radius 1 is 0.727 bits per heavy atom. The van der Waals surface area contributed by atoms with E-state index in [1.807, 2.05) is 108 Å². The molecule has 0 bridgehead atoms. The van der Waals surface area contributed by atoms with Crippen molar-refractivity contribution in [3.63, 3.8) is 0 Å². The quantitative estimate of drug-likeness (QED) is 0.265. The molecule has 0 unspecified atom stereocenters. The van der Waals surface area contributed by atoms with Gasteiger partial charge in [-0.2, -0.15) is 5.10 Å². The number of ether oxygens (including phenoxy) is 1. The number of hydrogen-bond acceptors (Lipinski definition) is 3. The summed E-state index contributed by atoms with van der Waals surface area (Å²) in [6, 6.07) is 40.3. The van der Waals surface area contributed by atoms with Crippen molar-refractivity contribution in [2.75, 3.05) is 0 Å². The van der Waals surface area contributed by atoms with Gasteiger partial charge >= 0.3 is 0 Å². The summed E-state index contributed by atoms with van der Waals surface area (Å²) < 4.78 is 7.75. The van der Waals surface area contributed by atoms with Crippen LogP contribution in [0.15, 0.2) is 126 Å². The Balaban J connectivity index is 1.36. The van der Waals surface area contributed by atoms with E-state index in [4.69, 9.17) is 14.8 Å². The molecule has 0 amide bonds. The average Bonchev–Trinajstić information content (AvgIpc) is 3.33. The summed E-state index contributed by atoms with van der Waals surface area (Å²) in [5.41, 5.74) is 5.05. The summed E-state index contributed by atoms with van der Waals surface area (Å²) in [7, 11) is 0. The standard InChI is InChI=1S/C29H23N3O/c1-4-10-24(11-5-1)22-33-27-18-16-23(17-19-27)21-30-29-20-28(25-12-6-2-7-13-25)31-32(29)26-14-8-3-9-15-26/h1-21H,22H2. The smallest absolute Gasteiger partial charge is 0.156 e. The van der Waals surface area contributed by atoms with E-state index in [1.165, 1.54) is 0 Å². The van der Waals surface area contributed by atoms with E-state index < -0.39 is 0 Å². The zero-order valence-corrected chi connectivity index (χ0v) is 18.1. The molecule has 33 heavy (non-hydrogen) atoms. The minimum absolute atomic E-state index is 0.548. The second-order valence-electron chi connectivity index (χ2n) is 7.60. The molecule has 0 atom stereocenters. The molecule has 0 saturated carbocycles. The van der Waals surface area contributed by atoms with Crippen molar-refractivity contribution in [3.05, 3.63) is 132 Å². The third kappa shape index (κ3) is 5.08. The molecule has 0 radical (unpaired) electrons. The average molecular weight is 430 g/mol. The minimum Gasteiger partial charge on any atom is -0.489 e. The predicted molar refractivity (Wildman–Crippen MR) is 133 cm³/mol. The zero-order valence-electron chi connectivity index (χ0n) is 18.1. The molecule has 0 spiro atoms. The first-order valence-electron chi connectivity index (χ1n) is 10.9. The van der Waals surface area contributed by atoms with Gasteiger partial charge in [0, 0.05) is 17.8 Å². The SMILES string of the molecule is C(=Nc1cc(-c2ccccc2)nn1-c1ccccc1)c1ccc(OCc2ccccc2)cc1. The highest BCUT2D eigenvalue weighted by Gasteiger charge is 2.10. The first kappa shape index (κ1) is 20.5. The third-order valence-electron chi connectivity index (χ3n) is 5.24. The summed E-state index contributed by atoms with van der Waals surface area (Å²) >= 11 is 0. The van der Waals surface area contributed by atoms with Crippen LogP contribution >= 0.6 is 0 Å². The summed E-state index contributed by atoms with van der Waals surface area (Å²) in [5, 5.41) is 4.81. The van der Waals surface area contributed by atoms with Gasteiger partial charge in [-0.3, -0.25) is 0 Å². The molecule has 4 aromatic carbocycles. The van der Waals surface area contributed by atoms with Crippen LogP contribution in [0, 0.1) is 0 Å². The zero-order chi connectivity index (χ0) is 22.3. The molecule has 0 saturated heterocycles. The highest BCUT2D eigenvalue weighted by molar-refractivity contribution is 5.82. The van der Waals surface area contributed by atoms with Crippen LogP contribution in [-0.2, 0) is 6.61 Å². The molecule has 4 heteroatoms. The molecule has 1 aromatic heterocycles. The van der Waals surface area contributed by atoms with Crippen molar-refractivity contribution in [1.29, 1.82) is 0 Å². The van der Waals surface area contributed by atoms with Crippen LogP contribution < -0.4 is 4.74 Å². The van der Waals surface area contributed by atoms with Crippen molar-refractivity contribution < 1.29 is 4.74 Å². The maximum absolute atomic E-state index is 5.88. The van der Waals surface area contributed by atoms with Crippen molar-refractivity contribution in [1.82, 2.24) is 9.78 Å². The molecular weight excluding hydrogens is 406 g/mol. The number of benzene rings is 4. The number of hydrogen-bond donors (Lipinski definition) is 0. The number of aliphatic imine (C=N–C) groups is 1. The summed E-state index contributed by atoms with van der Waals surface area (Å²) in [5.74, 6) is 1.60. The van der Waals surface area contributed by atoms with Crippen LogP contribution in [0.1, 0.15) is 11.1 Å². The molecule has 0 N–H and O–H groups in total. The Labute approximate surface area is 193 Å². The van der Waals surface area contributed by atoms with Gasteiger partial charge in [0.25, 0.3) is 0 Å². The lowest BCUT2D eigenvalue weighted by atomic mass is 10.2. The molecule has 0 aliphatic heterocycles. The van der Waals surface area contributed by atoms with Crippen molar-refractivity contribution in [2.24, 2.45) is 4.99 Å². The lowest BCUT2D eigenvalue weighted by Gasteiger charge is -2.06. The molecule has 0 aliphatic rings. The van der Waals surface area contributed by atoms with Gasteiger partial charge in [0.1, 0.15) is 12.4 Å². The Bertz CT molecular complexity index is 1330. The van der Waals surface area contributed by atoms with Crippen molar-refractivity contribution in [2.45, 2.75) is 6.61 Å². The predicted octanol–water partition coefficient (Wildman–Crippen LogP) is 6.87. The van der Waals surface area contributed by atoms with Crippen molar-refractivity contribution >= 4 is 12.0 Å². The van der Waals surface area contributed by atoms with Crippen LogP contribution in [0.4, 0.5) is 5.82 Å². The molecule has 0 aliphatic carbocycles. The second kappa shape index (κ2) is 9.79. The first-order chi connectivity index (χ1) is 16.3. The van der Waals surface area contributed by atoms with Crippen LogP contribution in [-0.4, -0.2) is 16.0 Å². The molecule has 0 fully saturated rings. The van der Waals surface area contributed by atoms with Crippen molar-refractivity contribution in [3.8, 4) is 22.7 Å². The van der Waals surface area contributed by atoms with E-state index in [1.54, 1.807) is 0 Å². The molecule has 1 heterocycles. The fourth-order valence-corrected chi connectivity index (χ4v) is 3.50. The number of nitrogens with zero attached hydrogens (tertiary/aromatic N) is 3. The fourth-order valence-electron chi connectivity index (χ4n) is 3.50. The van der Waals surface area contributed by atoms with Crippen LogP contribution in [0.3, 0.4) is 0 Å². The van der Waals surface area contributed by atoms with E-state index in [9.17, 15) is 0 Å². The van der Waals surface area contributed by atoms with Crippen LogP contribution in [0.25, 0.3) is 16.9 Å². The number of para-hydroxylation sites is 1. The largest absolute Gasteiger partial charge is 0.489 e. The highest BCUT2D eigenvalue weighted by atomic mass is 16.5. The van der Waals surface area contributed by atoms with Gasteiger partial charge in [-0.05, 0) is 47.5 Å². The Kier molecular flexibility index (Phi) is 6.07. The molecule has 4 nitrogen and oxygen atoms in total. The summed E-state index contributed by atoms with van der Waals surface area (Å²) in [6.45, 7) is 0.548. The van der Waals surface area contributed by atoms with Gasteiger partial charge in [-0.1, -0.05) is 78.9 Å². The van der Waals surface area contributed by atoms with E-state index in [0.29, 0.717) is 6.61 Å². The molecule has 160 valence electrons. The van der Waals surface area contributed by atoms with Gasteiger partial charge in [0.15, 0.2) is 5.82 Å². The first-order valence-corrected chi connectivity index (χ1v) is 10.9. The molecular formula is C29H23N3O. The van der Waals surface area contributed by atoms with Gasteiger partial charge < -0.3 is 4.74 Å². The topological polar surface area (TPSA) is 39.4 Å². The Morgan fingerprint density at radius 2 is 1.36 bits per heavy atom. The minimum atomic E-state index is 0.548. The second-order valence-corrected chi connectivity index (χ2v) is 7.60. The summed E-state index contributed by atoms with van der Waals surface area (Å²) in [4.78, 5) is 4.76. The third-order valence-corrected chi connectivity index (χ3v) is 5.24. The Hall–Kier alpha value is -4.44. The van der Waals surface area contributed by atoms with Crippen LogP contribution in [0.2, 0.25) is 0 Å². The van der Waals surface area contributed by atoms with Gasteiger partial charge in [0.05, 0.1) is 11.4 Å². The maximum Gasteiger partial charge on any atom is 0.156 e. The van der Waals surface area contributed by atoms with Gasteiger partial charge in [-0.15, -0.1) is 0 Å². The van der Waals surface area contributed by atoms with E-state index in [0.717, 1.165) is 39.6 Å².